The molecule has 0 aliphatic carbocycles. The van der Waals surface area contributed by atoms with Crippen LogP contribution >= 0.6 is 0 Å². The van der Waals surface area contributed by atoms with Crippen molar-refractivity contribution in [2.45, 2.75) is 13.8 Å². The lowest BCUT2D eigenvalue weighted by molar-refractivity contribution is 0.496. The van der Waals surface area contributed by atoms with Gasteiger partial charge < -0.3 is 0 Å². The third-order valence-electron chi connectivity index (χ3n) is 3.34. The van der Waals surface area contributed by atoms with Crippen molar-refractivity contribution in [1.82, 2.24) is 9.58 Å². The highest BCUT2D eigenvalue weighted by Gasteiger charge is 2.05. The van der Waals surface area contributed by atoms with Crippen LogP contribution < -0.4 is 5.56 Å². The van der Waals surface area contributed by atoms with Crippen LogP contribution in [0.4, 0.5) is 0 Å². The molecule has 2 aromatic rings. The summed E-state index contributed by atoms with van der Waals surface area (Å²) in [6.07, 6.45) is 3.72. The van der Waals surface area contributed by atoms with Gasteiger partial charge in [0.15, 0.2) is 0 Å². The van der Waals surface area contributed by atoms with Gasteiger partial charge in [0, 0.05) is 32.2 Å². The van der Waals surface area contributed by atoms with Gasteiger partial charge in [0.05, 0.1) is 5.69 Å². The summed E-state index contributed by atoms with van der Waals surface area (Å²) in [7, 11) is 1.81. The number of para-hydroxylation sites is 1. The van der Waals surface area contributed by atoms with Crippen LogP contribution in [0, 0.1) is 6.92 Å². The summed E-state index contributed by atoms with van der Waals surface area (Å²) < 4.78 is 1.67. The zero-order valence-electron chi connectivity index (χ0n) is 12.6. The minimum absolute atomic E-state index is 0.0453. The fraction of sp³-hybridized carbons (Fsp3) is 0.176. The first kappa shape index (κ1) is 14.8. The zero-order valence-corrected chi connectivity index (χ0v) is 12.6. The van der Waals surface area contributed by atoms with Crippen molar-refractivity contribution in [2.75, 3.05) is 7.05 Å². The van der Waals surface area contributed by atoms with E-state index >= 15 is 0 Å². The maximum absolute atomic E-state index is 12.1. The van der Waals surface area contributed by atoms with E-state index in [0.717, 1.165) is 22.4 Å². The van der Waals surface area contributed by atoms with E-state index in [0.29, 0.717) is 0 Å². The molecule has 0 amide bonds. The number of hydrogen-bond donors (Lipinski definition) is 0. The highest BCUT2D eigenvalue weighted by atomic mass is 16.1. The second kappa shape index (κ2) is 6.22. The summed E-state index contributed by atoms with van der Waals surface area (Å²) in [5.74, 6) is 0. The second-order valence-corrected chi connectivity index (χ2v) is 4.94. The normalized spacial score (nSPS) is 11.3. The molecule has 4 nitrogen and oxygen atoms in total. The van der Waals surface area contributed by atoms with E-state index in [1.54, 1.807) is 15.6 Å². The molecule has 0 unspecified atom stereocenters. The average Bonchev–Trinajstić information content (AvgIpc) is 2.48. The lowest BCUT2D eigenvalue weighted by Gasteiger charge is -2.12. The molecule has 1 heterocycles. The number of benzene rings is 1. The molecule has 1 aromatic heterocycles. The monoisotopic (exact) mass is 281 g/mol. The van der Waals surface area contributed by atoms with Gasteiger partial charge in [-0.1, -0.05) is 18.2 Å². The highest BCUT2D eigenvalue weighted by molar-refractivity contribution is 5.63. The number of aryl methyl sites for hydroxylation is 1. The molecule has 4 heteroatoms. The number of hydrazone groups is 1. The average molecular weight is 281 g/mol. The summed E-state index contributed by atoms with van der Waals surface area (Å²) in [5, 5.41) is 5.44. The molecule has 108 valence electrons. The van der Waals surface area contributed by atoms with Gasteiger partial charge in [0.2, 0.25) is 0 Å². The first-order valence-electron chi connectivity index (χ1n) is 6.70. The van der Waals surface area contributed by atoms with Crippen molar-refractivity contribution in [2.24, 2.45) is 5.10 Å². The fourth-order valence-corrected chi connectivity index (χ4v) is 2.14. The van der Waals surface area contributed by atoms with Gasteiger partial charge >= 0.3 is 0 Å². The van der Waals surface area contributed by atoms with E-state index in [1.807, 2.05) is 63.6 Å². The Kier molecular flexibility index (Phi) is 4.38. The number of rotatable bonds is 4. The maximum atomic E-state index is 12.1. The first-order chi connectivity index (χ1) is 10.0. The minimum atomic E-state index is -0.0453. The molecule has 1 aromatic carbocycles. The lowest BCUT2D eigenvalue weighted by atomic mass is 10.1. The van der Waals surface area contributed by atoms with Crippen LogP contribution in [-0.4, -0.2) is 23.3 Å². The maximum Gasteiger partial charge on any atom is 0.255 e. The van der Waals surface area contributed by atoms with Crippen molar-refractivity contribution in [1.29, 1.82) is 0 Å². The van der Waals surface area contributed by atoms with Crippen LogP contribution in [0.15, 0.2) is 58.7 Å². The van der Waals surface area contributed by atoms with Crippen LogP contribution in [0.25, 0.3) is 11.3 Å². The Morgan fingerprint density at radius 2 is 2.00 bits per heavy atom. The summed E-state index contributed by atoms with van der Waals surface area (Å²) in [6.45, 7) is 7.44. The summed E-state index contributed by atoms with van der Waals surface area (Å²) in [4.78, 5) is 12.1. The van der Waals surface area contributed by atoms with Crippen LogP contribution in [0.5, 0.6) is 0 Å². The molecule has 0 fully saturated rings. The Labute approximate surface area is 124 Å². The Bertz CT molecular complexity index is 744. The van der Waals surface area contributed by atoms with Gasteiger partial charge in [0.1, 0.15) is 0 Å². The standard InChI is InChI=1S/C17H19N3O/c1-13-7-5-6-8-16(13)20-12-15(9-10-17(20)21)14(2)11-19(4)18-3/h5-12H,3H2,1-2,4H3/b14-11+. The fourth-order valence-electron chi connectivity index (χ4n) is 2.14. The Hall–Kier alpha value is -2.62. The van der Waals surface area contributed by atoms with E-state index in [2.05, 4.69) is 11.8 Å². The molecule has 0 saturated carbocycles. The highest BCUT2D eigenvalue weighted by Crippen LogP contribution is 2.16. The third-order valence-corrected chi connectivity index (χ3v) is 3.34. The molecule has 0 aliphatic heterocycles. The number of hydrogen-bond acceptors (Lipinski definition) is 3. The predicted octanol–water partition coefficient (Wildman–Crippen LogP) is 3.05. The van der Waals surface area contributed by atoms with E-state index in [-0.39, 0.29) is 5.56 Å². The van der Waals surface area contributed by atoms with Crippen LogP contribution in [0.3, 0.4) is 0 Å². The van der Waals surface area contributed by atoms with Gasteiger partial charge in [-0.05, 0) is 42.7 Å². The SMILES string of the molecule is C=NN(C)/C=C(\C)c1ccc(=O)n(-c2ccccc2C)c1. The first-order valence-corrected chi connectivity index (χ1v) is 6.70. The smallest absolute Gasteiger partial charge is 0.255 e. The number of aromatic nitrogens is 1. The Morgan fingerprint density at radius 3 is 2.67 bits per heavy atom. The van der Waals surface area contributed by atoms with Gasteiger partial charge in [-0.2, -0.15) is 5.10 Å². The molecule has 21 heavy (non-hydrogen) atoms. The van der Waals surface area contributed by atoms with E-state index in [1.165, 1.54) is 0 Å². The minimum Gasteiger partial charge on any atom is -0.283 e. The second-order valence-electron chi connectivity index (χ2n) is 4.94. The van der Waals surface area contributed by atoms with Gasteiger partial charge in [-0.15, -0.1) is 0 Å². The van der Waals surface area contributed by atoms with Crippen molar-refractivity contribution in [3.8, 4) is 5.69 Å². The van der Waals surface area contributed by atoms with Crippen molar-refractivity contribution < 1.29 is 0 Å². The topological polar surface area (TPSA) is 37.6 Å². The van der Waals surface area contributed by atoms with Crippen molar-refractivity contribution >= 4 is 12.3 Å². The summed E-state index contributed by atoms with van der Waals surface area (Å²) >= 11 is 0. The largest absolute Gasteiger partial charge is 0.283 e. The number of allylic oxidation sites excluding steroid dienone is 1. The molecular weight excluding hydrogens is 262 g/mol. The molecular formula is C17H19N3O. The summed E-state index contributed by atoms with van der Waals surface area (Å²) in [5.41, 5.74) is 3.88. The van der Waals surface area contributed by atoms with Gasteiger partial charge in [-0.3, -0.25) is 14.4 Å². The molecule has 0 atom stereocenters. The Balaban J connectivity index is 2.53. The van der Waals surface area contributed by atoms with Crippen LogP contribution in [-0.2, 0) is 0 Å². The molecule has 0 radical (unpaired) electrons. The van der Waals surface area contributed by atoms with E-state index in [9.17, 15) is 4.79 Å². The molecule has 0 saturated heterocycles. The zero-order chi connectivity index (χ0) is 15.4. The van der Waals surface area contributed by atoms with E-state index in [4.69, 9.17) is 0 Å². The van der Waals surface area contributed by atoms with Crippen molar-refractivity contribution in [3.05, 3.63) is 70.3 Å². The predicted molar refractivity (Wildman–Crippen MR) is 87.7 cm³/mol. The molecule has 2 rings (SSSR count). The number of nitrogens with zero attached hydrogens (tertiary/aromatic N) is 3. The van der Waals surface area contributed by atoms with Gasteiger partial charge in [-0.25, -0.2) is 0 Å². The molecule has 0 bridgehead atoms. The van der Waals surface area contributed by atoms with Crippen LogP contribution in [0.2, 0.25) is 0 Å². The van der Waals surface area contributed by atoms with Gasteiger partial charge in [0.25, 0.3) is 5.56 Å². The molecule has 0 N–H and O–H groups in total. The Morgan fingerprint density at radius 1 is 1.29 bits per heavy atom. The third kappa shape index (κ3) is 3.28. The molecule has 0 aliphatic rings. The lowest BCUT2D eigenvalue weighted by Crippen LogP contribution is -2.17. The summed E-state index contributed by atoms with van der Waals surface area (Å²) in [6, 6.07) is 11.2. The van der Waals surface area contributed by atoms with Crippen LogP contribution in [0.1, 0.15) is 18.1 Å². The molecule has 0 spiro atoms. The van der Waals surface area contributed by atoms with E-state index < -0.39 is 0 Å². The number of pyridine rings is 1. The van der Waals surface area contributed by atoms with Crippen molar-refractivity contribution in [3.63, 3.8) is 0 Å². The quantitative estimate of drug-likeness (QED) is 0.638.